The highest BCUT2D eigenvalue weighted by atomic mass is 16.5. The van der Waals surface area contributed by atoms with E-state index in [9.17, 15) is 0 Å². The Morgan fingerprint density at radius 1 is 0.957 bits per heavy atom. The van der Waals surface area contributed by atoms with Gasteiger partial charge in [0.25, 0.3) is 0 Å². The zero-order valence-corrected chi connectivity index (χ0v) is 14.6. The van der Waals surface area contributed by atoms with Crippen molar-refractivity contribution < 1.29 is 4.74 Å². The van der Waals surface area contributed by atoms with Gasteiger partial charge in [-0.2, -0.15) is 0 Å². The molecular formula is C21H27NO. The lowest BCUT2D eigenvalue weighted by atomic mass is 10.1. The van der Waals surface area contributed by atoms with Crippen molar-refractivity contribution in [3.05, 3.63) is 77.0 Å². The third kappa shape index (κ3) is 4.16. The molecule has 23 heavy (non-hydrogen) atoms. The molecule has 1 unspecified atom stereocenters. The highest BCUT2D eigenvalue weighted by molar-refractivity contribution is 5.68. The van der Waals surface area contributed by atoms with E-state index < -0.39 is 0 Å². The van der Waals surface area contributed by atoms with E-state index in [0.29, 0.717) is 0 Å². The first-order valence-corrected chi connectivity index (χ1v) is 8.56. The number of hydrogen-bond acceptors (Lipinski definition) is 2. The van der Waals surface area contributed by atoms with E-state index in [0.717, 1.165) is 29.9 Å². The molecule has 0 fully saturated rings. The van der Waals surface area contributed by atoms with Crippen LogP contribution in [0.4, 0.5) is 0 Å². The van der Waals surface area contributed by atoms with Gasteiger partial charge in [0, 0.05) is 17.5 Å². The van der Waals surface area contributed by atoms with Crippen LogP contribution < -0.4 is 5.32 Å². The van der Waals surface area contributed by atoms with Crippen molar-refractivity contribution in [2.45, 2.75) is 46.8 Å². The first-order chi connectivity index (χ1) is 11.3. The highest BCUT2D eigenvalue weighted by Gasteiger charge is 2.26. The van der Waals surface area contributed by atoms with Crippen molar-refractivity contribution in [3.63, 3.8) is 0 Å². The molecule has 2 nitrogen and oxygen atoms in total. The van der Waals surface area contributed by atoms with Gasteiger partial charge in [-0.25, -0.2) is 0 Å². The lowest BCUT2D eigenvalue weighted by Gasteiger charge is -2.13. The average molecular weight is 309 g/mol. The molecule has 1 N–H and O–H groups in total. The highest BCUT2D eigenvalue weighted by Crippen LogP contribution is 2.34. The Labute approximate surface area is 140 Å². The van der Waals surface area contributed by atoms with Crippen LogP contribution in [0.5, 0.6) is 0 Å². The maximum atomic E-state index is 6.15. The SMILES string of the molecule is CC.CCCC1=C(c2ccc(C)cc2)NC(c2ccccc2)O1. The lowest BCUT2D eigenvalue weighted by Crippen LogP contribution is -2.14. The van der Waals surface area contributed by atoms with Gasteiger partial charge in [0.1, 0.15) is 5.76 Å². The Morgan fingerprint density at radius 3 is 2.22 bits per heavy atom. The fraction of sp³-hybridized carbons (Fsp3) is 0.333. The summed E-state index contributed by atoms with van der Waals surface area (Å²) < 4.78 is 6.15. The number of aryl methyl sites for hydroxylation is 1. The summed E-state index contributed by atoms with van der Waals surface area (Å²) in [5.41, 5.74) is 4.76. The summed E-state index contributed by atoms with van der Waals surface area (Å²) in [4.78, 5) is 0. The third-order valence-corrected chi connectivity index (χ3v) is 3.73. The Bertz CT molecular complexity index is 629. The van der Waals surface area contributed by atoms with E-state index >= 15 is 0 Å². The van der Waals surface area contributed by atoms with Gasteiger partial charge >= 0.3 is 0 Å². The second kappa shape index (κ2) is 8.42. The molecule has 1 aliphatic heterocycles. The van der Waals surface area contributed by atoms with Gasteiger partial charge < -0.3 is 10.1 Å². The summed E-state index contributed by atoms with van der Waals surface area (Å²) in [6.45, 7) is 8.29. The summed E-state index contributed by atoms with van der Waals surface area (Å²) in [7, 11) is 0. The second-order valence-corrected chi connectivity index (χ2v) is 5.47. The van der Waals surface area contributed by atoms with Crippen molar-refractivity contribution in [1.29, 1.82) is 0 Å². The Balaban J connectivity index is 0.000000924. The van der Waals surface area contributed by atoms with Crippen molar-refractivity contribution >= 4 is 5.70 Å². The molecule has 2 aromatic carbocycles. The monoisotopic (exact) mass is 309 g/mol. The van der Waals surface area contributed by atoms with Crippen molar-refractivity contribution in [2.75, 3.05) is 0 Å². The zero-order chi connectivity index (χ0) is 16.7. The minimum Gasteiger partial charge on any atom is -0.469 e. The topological polar surface area (TPSA) is 21.3 Å². The van der Waals surface area contributed by atoms with Crippen LogP contribution in [0.25, 0.3) is 5.70 Å². The fourth-order valence-corrected chi connectivity index (χ4v) is 2.60. The standard InChI is InChI=1S/C19H21NO.C2H6/c1-3-7-17-18(15-12-10-14(2)11-13-15)20-19(21-17)16-8-5-4-6-9-16;1-2/h4-6,8-13,19-20H,3,7H2,1-2H3;1-2H3. The molecule has 1 aliphatic rings. The van der Waals surface area contributed by atoms with E-state index in [1.54, 1.807) is 0 Å². The summed E-state index contributed by atoms with van der Waals surface area (Å²) in [6, 6.07) is 18.9. The van der Waals surface area contributed by atoms with E-state index in [4.69, 9.17) is 4.74 Å². The zero-order valence-electron chi connectivity index (χ0n) is 14.6. The predicted molar refractivity (Wildman–Crippen MR) is 97.8 cm³/mol. The Hall–Kier alpha value is -2.22. The molecule has 0 spiro atoms. The van der Waals surface area contributed by atoms with Gasteiger partial charge in [0.2, 0.25) is 0 Å². The van der Waals surface area contributed by atoms with E-state index in [2.05, 4.69) is 55.6 Å². The first-order valence-electron chi connectivity index (χ1n) is 8.56. The molecule has 1 atom stereocenters. The Morgan fingerprint density at radius 2 is 1.61 bits per heavy atom. The number of rotatable bonds is 4. The van der Waals surface area contributed by atoms with Crippen molar-refractivity contribution in [2.24, 2.45) is 0 Å². The summed E-state index contributed by atoms with van der Waals surface area (Å²) >= 11 is 0. The molecule has 2 aromatic rings. The summed E-state index contributed by atoms with van der Waals surface area (Å²) in [6.07, 6.45) is 1.96. The van der Waals surface area contributed by atoms with E-state index in [1.165, 1.54) is 11.1 Å². The van der Waals surface area contributed by atoms with Crippen LogP contribution in [0.15, 0.2) is 60.4 Å². The van der Waals surface area contributed by atoms with Gasteiger partial charge in [-0.15, -0.1) is 0 Å². The van der Waals surface area contributed by atoms with Crippen LogP contribution in [0.2, 0.25) is 0 Å². The molecule has 2 heteroatoms. The van der Waals surface area contributed by atoms with Crippen LogP contribution in [-0.4, -0.2) is 0 Å². The van der Waals surface area contributed by atoms with Gasteiger partial charge in [0.05, 0.1) is 5.70 Å². The van der Waals surface area contributed by atoms with Crippen LogP contribution >= 0.6 is 0 Å². The van der Waals surface area contributed by atoms with E-state index in [-0.39, 0.29) is 6.23 Å². The fourth-order valence-electron chi connectivity index (χ4n) is 2.60. The van der Waals surface area contributed by atoms with Gasteiger partial charge in [-0.3, -0.25) is 0 Å². The van der Waals surface area contributed by atoms with Crippen LogP contribution in [0.1, 0.15) is 56.5 Å². The number of hydrogen-bond donors (Lipinski definition) is 1. The molecule has 0 saturated carbocycles. The average Bonchev–Trinajstić information content (AvgIpc) is 3.03. The molecular weight excluding hydrogens is 282 g/mol. The molecule has 122 valence electrons. The predicted octanol–water partition coefficient (Wildman–Crippen LogP) is 5.81. The molecule has 3 rings (SSSR count). The maximum Gasteiger partial charge on any atom is 0.196 e. The number of benzene rings is 2. The normalized spacial score (nSPS) is 16.3. The number of allylic oxidation sites excluding steroid dienone is 1. The number of nitrogens with one attached hydrogen (secondary N) is 1. The molecule has 0 saturated heterocycles. The minimum absolute atomic E-state index is 0.0796. The van der Waals surface area contributed by atoms with Gasteiger partial charge in [-0.05, 0) is 13.3 Å². The summed E-state index contributed by atoms with van der Waals surface area (Å²) in [5.74, 6) is 1.07. The first kappa shape index (κ1) is 17.1. The molecule has 0 radical (unpaired) electrons. The quantitative estimate of drug-likeness (QED) is 0.769. The maximum absolute atomic E-state index is 6.15. The molecule has 0 aromatic heterocycles. The van der Waals surface area contributed by atoms with Crippen molar-refractivity contribution in [1.82, 2.24) is 5.32 Å². The smallest absolute Gasteiger partial charge is 0.196 e. The van der Waals surface area contributed by atoms with Gasteiger partial charge in [-0.1, -0.05) is 80.9 Å². The van der Waals surface area contributed by atoms with Crippen LogP contribution in [0, 0.1) is 6.92 Å². The van der Waals surface area contributed by atoms with Crippen molar-refractivity contribution in [3.8, 4) is 0 Å². The Kier molecular flexibility index (Phi) is 6.28. The molecule has 0 bridgehead atoms. The van der Waals surface area contributed by atoms with Crippen LogP contribution in [0.3, 0.4) is 0 Å². The molecule has 0 aliphatic carbocycles. The molecule has 1 heterocycles. The minimum atomic E-state index is -0.0796. The largest absolute Gasteiger partial charge is 0.469 e. The second-order valence-electron chi connectivity index (χ2n) is 5.47. The number of ether oxygens (including phenoxy) is 1. The van der Waals surface area contributed by atoms with Gasteiger partial charge in [0.15, 0.2) is 6.23 Å². The third-order valence-electron chi connectivity index (χ3n) is 3.73. The molecule has 0 amide bonds. The summed E-state index contributed by atoms with van der Waals surface area (Å²) in [5, 5.41) is 3.54. The lowest BCUT2D eigenvalue weighted by molar-refractivity contribution is 0.123. The van der Waals surface area contributed by atoms with Crippen LogP contribution in [-0.2, 0) is 4.74 Å². The van der Waals surface area contributed by atoms with E-state index in [1.807, 2.05) is 32.0 Å².